The lowest BCUT2D eigenvalue weighted by atomic mass is 10.2. The maximum atomic E-state index is 12.1. The van der Waals surface area contributed by atoms with Crippen LogP contribution < -0.4 is 11.1 Å². The molecule has 2 atom stereocenters. The molecule has 23 heavy (non-hydrogen) atoms. The molecule has 1 rings (SSSR count). The second-order valence-electron chi connectivity index (χ2n) is 4.53. The molecule has 128 valence electrons. The Kier molecular flexibility index (Phi) is 9.36. The fourth-order valence-corrected chi connectivity index (χ4v) is 1.19. The maximum Gasteiger partial charge on any atom is 0.359 e. The lowest BCUT2D eigenvalue weighted by Gasteiger charge is -2.14. The van der Waals surface area contributed by atoms with E-state index in [0.29, 0.717) is 6.54 Å². The Morgan fingerprint density at radius 3 is 2.30 bits per heavy atom. The lowest BCUT2D eigenvalue weighted by molar-refractivity contribution is -0.154. The number of benzene rings is 1. The van der Waals surface area contributed by atoms with E-state index in [2.05, 4.69) is 11.1 Å². The first-order valence-corrected chi connectivity index (χ1v) is 6.67. The average molecular weight is 330 g/mol. The zero-order valence-corrected chi connectivity index (χ0v) is 12.6. The smallest absolute Gasteiger partial charge is 0.359 e. The van der Waals surface area contributed by atoms with Gasteiger partial charge in [0.1, 0.15) is 0 Å². The molecule has 8 heteroatoms. The number of aliphatic carboxylic acids is 2. The molecule has 0 aliphatic carbocycles. The van der Waals surface area contributed by atoms with Crippen molar-refractivity contribution in [1.82, 2.24) is 5.32 Å². The molecule has 6 nitrogen and oxygen atoms in total. The van der Waals surface area contributed by atoms with Crippen molar-refractivity contribution in [3.05, 3.63) is 42.0 Å². The molecule has 0 radical (unpaired) electrons. The SMILES string of the molecule is CC(F)C(N)(F)C(=O)O.O=C(O)CNCC=Cc1ccccc1. The molecule has 1 aromatic rings. The minimum absolute atomic E-state index is 0.000863. The number of carbonyl (C=O) groups is 2. The molecule has 0 aliphatic heterocycles. The van der Waals surface area contributed by atoms with Crippen LogP contribution in [0.25, 0.3) is 6.08 Å². The van der Waals surface area contributed by atoms with Gasteiger partial charge in [-0.25, -0.2) is 13.6 Å². The van der Waals surface area contributed by atoms with Crippen molar-refractivity contribution in [2.75, 3.05) is 13.1 Å². The van der Waals surface area contributed by atoms with Crippen molar-refractivity contribution in [2.45, 2.75) is 18.9 Å². The molecule has 0 aromatic heterocycles. The molecule has 0 saturated heterocycles. The minimum atomic E-state index is -3.25. The van der Waals surface area contributed by atoms with Crippen LogP contribution in [0.2, 0.25) is 0 Å². The number of carboxylic acid groups (broad SMARTS) is 2. The van der Waals surface area contributed by atoms with Crippen LogP contribution in [-0.2, 0) is 9.59 Å². The summed E-state index contributed by atoms with van der Waals surface area (Å²) in [5, 5.41) is 19.0. The highest BCUT2D eigenvalue weighted by atomic mass is 19.2. The molecule has 0 fully saturated rings. The first-order chi connectivity index (χ1) is 10.7. The van der Waals surface area contributed by atoms with Gasteiger partial charge in [-0.1, -0.05) is 42.5 Å². The summed E-state index contributed by atoms with van der Waals surface area (Å²) >= 11 is 0. The number of carboxylic acids is 2. The maximum absolute atomic E-state index is 12.1. The van der Waals surface area contributed by atoms with E-state index in [1.165, 1.54) is 0 Å². The number of alkyl halides is 2. The van der Waals surface area contributed by atoms with Gasteiger partial charge < -0.3 is 15.5 Å². The lowest BCUT2D eigenvalue weighted by Crippen LogP contribution is -2.50. The van der Waals surface area contributed by atoms with Crippen molar-refractivity contribution in [3.63, 3.8) is 0 Å². The number of rotatable bonds is 7. The van der Waals surface area contributed by atoms with Crippen LogP contribution in [0.4, 0.5) is 8.78 Å². The number of halogens is 2. The molecule has 2 unspecified atom stereocenters. The van der Waals surface area contributed by atoms with E-state index in [-0.39, 0.29) is 6.54 Å². The second kappa shape index (κ2) is 10.4. The summed E-state index contributed by atoms with van der Waals surface area (Å²) in [6.45, 7) is 1.31. The Morgan fingerprint density at radius 2 is 1.91 bits per heavy atom. The highest BCUT2D eigenvalue weighted by molar-refractivity contribution is 5.77. The molecule has 5 N–H and O–H groups in total. The van der Waals surface area contributed by atoms with Crippen molar-refractivity contribution >= 4 is 18.0 Å². The molecule has 0 amide bonds. The summed E-state index contributed by atoms with van der Waals surface area (Å²) in [5.74, 6) is -6.07. The van der Waals surface area contributed by atoms with Crippen LogP contribution >= 0.6 is 0 Å². The van der Waals surface area contributed by atoms with Gasteiger partial charge in [0.2, 0.25) is 0 Å². The van der Waals surface area contributed by atoms with Gasteiger partial charge in [0, 0.05) is 6.54 Å². The van der Waals surface area contributed by atoms with E-state index in [4.69, 9.17) is 10.2 Å². The topological polar surface area (TPSA) is 113 Å². The van der Waals surface area contributed by atoms with Crippen molar-refractivity contribution in [1.29, 1.82) is 0 Å². The van der Waals surface area contributed by atoms with Crippen LogP contribution in [0.1, 0.15) is 12.5 Å². The van der Waals surface area contributed by atoms with Crippen LogP contribution in [0.3, 0.4) is 0 Å². The van der Waals surface area contributed by atoms with Crippen LogP contribution in [0.5, 0.6) is 0 Å². The van der Waals surface area contributed by atoms with E-state index in [1.807, 2.05) is 42.5 Å². The Morgan fingerprint density at radius 1 is 1.35 bits per heavy atom. The highest BCUT2D eigenvalue weighted by Gasteiger charge is 2.40. The van der Waals surface area contributed by atoms with Gasteiger partial charge >= 0.3 is 11.9 Å². The number of nitrogens with one attached hydrogen (secondary N) is 1. The third-order valence-electron chi connectivity index (χ3n) is 2.55. The van der Waals surface area contributed by atoms with Gasteiger partial charge in [-0.3, -0.25) is 10.5 Å². The first-order valence-electron chi connectivity index (χ1n) is 6.67. The van der Waals surface area contributed by atoms with Gasteiger partial charge in [0.05, 0.1) is 6.54 Å². The number of hydrogen-bond acceptors (Lipinski definition) is 4. The molecular formula is C15H20F2N2O4. The zero-order chi connectivity index (χ0) is 17.9. The Bertz CT molecular complexity index is 519. The Balaban J connectivity index is 0.000000468. The quantitative estimate of drug-likeness (QED) is 0.444. The first kappa shape index (κ1) is 20.7. The number of hydrogen-bond donors (Lipinski definition) is 4. The fraction of sp³-hybridized carbons (Fsp3) is 0.333. The summed E-state index contributed by atoms with van der Waals surface area (Å²) in [7, 11) is 0. The Hall–Kier alpha value is -2.32. The highest BCUT2D eigenvalue weighted by Crippen LogP contribution is 2.11. The summed E-state index contributed by atoms with van der Waals surface area (Å²) in [6, 6.07) is 9.87. The summed E-state index contributed by atoms with van der Waals surface area (Å²) in [5.41, 5.74) is 5.48. The van der Waals surface area contributed by atoms with Crippen molar-refractivity contribution in [3.8, 4) is 0 Å². The number of nitrogens with two attached hydrogens (primary N) is 1. The predicted molar refractivity (Wildman–Crippen MR) is 82.2 cm³/mol. The second-order valence-corrected chi connectivity index (χ2v) is 4.53. The summed E-state index contributed by atoms with van der Waals surface area (Å²) < 4.78 is 24.0. The van der Waals surface area contributed by atoms with Crippen LogP contribution in [0, 0.1) is 0 Å². The van der Waals surface area contributed by atoms with Gasteiger partial charge in [-0.2, -0.15) is 0 Å². The van der Waals surface area contributed by atoms with E-state index >= 15 is 0 Å². The zero-order valence-electron chi connectivity index (χ0n) is 12.6. The monoisotopic (exact) mass is 330 g/mol. The molecule has 0 saturated carbocycles. The van der Waals surface area contributed by atoms with E-state index in [0.717, 1.165) is 12.5 Å². The largest absolute Gasteiger partial charge is 0.480 e. The van der Waals surface area contributed by atoms with E-state index in [1.54, 1.807) is 0 Å². The van der Waals surface area contributed by atoms with Crippen LogP contribution in [0.15, 0.2) is 36.4 Å². The molecule has 0 bridgehead atoms. The molecule has 0 heterocycles. The average Bonchev–Trinajstić information content (AvgIpc) is 2.48. The normalized spacial score (nSPS) is 14.4. The Labute approximate surface area is 132 Å². The third kappa shape index (κ3) is 9.33. The molecule has 0 spiro atoms. The van der Waals surface area contributed by atoms with Gasteiger partial charge in [0.25, 0.3) is 5.79 Å². The minimum Gasteiger partial charge on any atom is -0.480 e. The predicted octanol–water partition coefficient (Wildman–Crippen LogP) is 1.43. The van der Waals surface area contributed by atoms with E-state index in [9.17, 15) is 18.4 Å². The molecule has 1 aromatic carbocycles. The third-order valence-corrected chi connectivity index (χ3v) is 2.55. The summed E-state index contributed by atoms with van der Waals surface area (Å²) in [6.07, 6.45) is 1.66. The summed E-state index contributed by atoms with van der Waals surface area (Å²) in [4.78, 5) is 19.9. The van der Waals surface area contributed by atoms with E-state index < -0.39 is 23.9 Å². The van der Waals surface area contributed by atoms with Crippen LogP contribution in [-0.4, -0.2) is 47.2 Å². The van der Waals surface area contributed by atoms with Gasteiger partial charge in [-0.05, 0) is 12.5 Å². The van der Waals surface area contributed by atoms with Gasteiger partial charge in [-0.15, -0.1) is 0 Å². The van der Waals surface area contributed by atoms with Crippen molar-refractivity contribution < 1.29 is 28.6 Å². The molecule has 0 aliphatic rings. The molecular weight excluding hydrogens is 310 g/mol. The fourth-order valence-electron chi connectivity index (χ4n) is 1.19. The standard InChI is InChI=1S/C11H13NO2.C4H7F2NO2/c13-11(14)9-12-8-4-7-10-5-2-1-3-6-10;1-2(5)4(6,7)3(8)9/h1-7,12H,8-9H2,(H,13,14);2H,7H2,1H3,(H,8,9). The van der Waals surface area contributed by atoms with Crippen molar-refractivity contribution in [2.24, 2.45) is 5.73 Å². The van der Waals surface area contributed by atoms with Gasteiger partial charge in [0.15, 0.2) is 6.17 Å².